The molecule has 0 unspecified atom stereocenters. The molecule has 1 fully saturated rings. The highest BCUT2D eigenvalue weighted by molar-refractivity contribution is 6.05. The summed E-state index contributed by atoms with van der Waals surface area (Å²) < 4.78 is 0. The number of rotatable bonds is 2. The fourth-order valence-corrected chi connectivity index (χ4v) is 5.58. The van der Waals surface area contributed by atoms with Gasteiger partial charge in [0.2, 0.25) is 0 Å². The molecule has 0 bridgehead atoms. The van der Waals surface area contributed by atoms with Gasteiger partial charge in [-0.15, -0.1) is 0 Å². The molecule has 0 N–H and O–H groups in total. The summed E-state index contributed by atoms with van der Waals surface area (Å²) in [6.07, 6.45) is 10.6. The second-order valence-corrected chi connectivity index (χ2v) is 8.83. The topological polar surface area (TPSA) is 0 Å². The van der Waals surface area contributed by atoms with E-state index in [1.165, 1.54) is 75.9 Å². The zero-order valence-corrected chi connectivity index (χ0v) is 16.8. The Hall–Kier alpha value is -2.86. The normalized spacial score (nSPS) is 16.9. The van der Waals surface area contributed by atoms with Gasteiger partial charge in [-0.05, 0) is 81.1 Å². The number of hydrogen-bond donors (Lipinski definition) is 0. The van der Waals surface area contributed by atoms with Crippen LogP contribution in [0, 0.1) is 5.92 Å². The molecule has 6 rings (SSSR count). The van der Waals surface area contributed by atoms with Crippen LogP contribution >= 0.6 is 0 Å². The Kier molecular flexibility index (Phi) is 4.04. The maximum atomic E-state index is 2.51. The van der Waals surface area contributed by atoms with Crippen molar-refractivity contribution in [1.29, 1.82) is 0 Å². The molecule has 0 aromatic heterocycles. The van der Waals surface area contributed by atoms with Crippen LogP contribution in [0.4, 0.5) is 0 Å². The van der Waals surface area contributed by atoms with E-state index in [0.717, 1.165) is 12.3 Å². The Labute approximate surface area is 172 Å². The lowest BCUT2D eigenvalue weighted by Gasteiger charge is -2.23. The van der Waals surface area contributed by atoms with Gasteiger partial charge >= 0.3 is 0 Å². The zero-order chi connectivity index (χ0) is 19.2. The molecule has 0 aliphatic heterocycles. The third-order valence-corrected chi connectivity index (χ3v) is 7.10. The Bertz CT molecular complexity index is 1250. The number of allylic oxidation sites excluding steroid dienone is 1. The van der Waals surface area contributed by atoms with Gasteiger partial charge in [-0.1, -0.05) is 91.6 Å². The van der Waals surface area contributed by atoms with E-state index < -0.39 is 0 Å². The van der Waals surface area contributed by atoms with Crippen molar-refractivity contribution in [1.82, 2.24) is 0 Å². The molecule has 2 aliphatic rings. The summed E-state index contributed by atoms with van der Waals surface area (Å²) in [6, 6.07) is 27.1. The lowest BCUT2D eigenvalue weighted by Crippen LogP contribution is -2.09. The summed E-state index contributed by atoms with van der Waals surface area (Å²) in [5.41, 5.74) is 7.46. The number of hydrogen-bond acceptors (Lipinski definition) is 0. The highest BCUT2D eigenvalue weighted by Crippen LogP contribution is 2.42. The van der Waals surface area contributed by atoms with Crippen LogP contribution in [-0.2, 0) is 6.42 Å². The minimum atomic E-state index is 0.806. The first-order valence-corrected chi connectivity index (χ1v) is 11.1. The maximum absolute atomic E-state index is 2.51. The molecule has 142 valence electrons. The molecular weight excluding hydrogens is 348 g/mol. The van der Waals surface area contributed by atoms with E-state index >= 15 is 0 Å². The lowest BCUT2D eigenvalue weighted by molar-refractivity contribution is 0.401. The van der Waals surface area contributed by atoms with E-state index in [2.05, 4.69) is 78.9 Å². The molecule has 0 heterocycles. The molecule has 0 heteroatoms. The van der Waals surface area contributed by atoms with E-state index in [1.54, 1.807) is 5.57 Å². The highest BCUT2D eigenvalue weighted by atomic mass is 14.3. The number of fused-ring (bicyclic) bond motifs is 3. The van der Waals surface area contributed by atoms with Gasteiger partial charge in [0.25, 0.3) is 0 Å². The standard InChI is InChI=1S/C29H26/c1-2-8-20(9-3-1)25-17-24-13-7-15-27(29(24)19-25)26-14-6-12-23-16-21-10-4-5-11-22(21)18-28(23)26/h4-7,10-18,20H,1-3,8-9,19H2. The van der Waals surface area contributed by atoms with Crippen molar-refractivity contribution in [3.8, 4) is 11.1 Å². The van der Waals surface area contributed by atoms with Gasteiger partial charge < -0.3 is 0 Å². The maximum Gasteiger partial charge on any atom is -0.00489 e. The summed E-state index contributed by atoms with van der Waals surface area (Å²) in [5, 5.41) is 5.33. The molecule has 29 heavy (non-hydrogen) atoms. The third-order valence-electron chi connectivity index (χ3n) is 7.10. The van der Waals surface area contributed by atoms with Crippen molar-refractivity contribution in [2.75, 3.05) is 0 Å². The molecule has 1 saturated carbocycles. The van der Waals surface area contributed by atoms with Crippen LogP contribution in [-0.4, -0.2) is 0 Å². The quantitative estimate of drug-likeness (QED) is 0.310. The summed E-state index contributed by atoms with van der Waals surface area (Å²) >= 11 is 0. The van der Waals surface area contributed by atoms with E-state index in [0.29, 0.717) is 0 Å². The third kappa shape index (κ3) is 2.90. The van der Waals surface area contributed by atoms with Crippen molar-refractivity contribution in [2.24, 2.45) is 5.92 Å². The van der Waals surface area contributed by atoms with Crippen LogP contribution < -0.4 is 0 Å². The minimum absolute atomic E-state index is 0.806. The Morgan fingerprint density at radius 3 is 2.21 bits per heavy atom. The average Bonchev–Trinajstić information content (AvgIpc) is 3.22. The Morgan fingerprint density at radius 1 is 0.621 bits per heavy atom. The van der Waals surface area contributed by atoms with Gasteiger partial charge in [-0.2, -0.15) is 0 Å². The monoisotopic (exact) mass is 374 g/mol. The van der Waals surface area contributed by atoms with Crippen molar-refractivity contribution >= 4 is 27.6 Å². The smallest absolute Gasteiger partial charge is 0.00489 e. The largest absolute Gasteiger partial charge is 0.0621 e. The molecule has 0 spiro atoms. The molecular formula is C29H26. The van der Waals surface area contributed by atoms with Crippen LogP contribution in [0.15, 0.2) is 78.4 Å². The van der Waals surface area contributed by atoms with Gasteiger partial charge in [0.05, 0.1) is 0 Å². The molecule has 4 aromatic rings. The first-order chi connectivity index (χ1) is 14.4. The molecule has 4 aromatic carbocycles. The molecule has 0 amide bonds. The van der Waals surface area contributed by atoms with Crippen LogP contribution in [0.25, 0.3) is 38.7 Å². The molecule has 0 nitrogen and oxygen atoms in total. The van der Waals surface area contributed by atoms with E-state index in [4.69, 9.17) is 0 Å². The van der Waals surface area contributed by atoms with Crippen molar-refractivity contribution in [3.05, 3.63) is 89.5 Å². The summed E-state index contributed by atoms with van der Waals surface area (Å²) in [4.78, 5) is 0. The Balaban J connectivity index is 1.48. The van der Waals surface area contributed by atoms with E-state index in [9.17, 15) is 0 Å². The summed E-state index contributed by atoms with van der Waals surface area (Å²) in [5.74, 6) is 0.806. The average molecular weight is 375 g/mol. The van der Waals surface area contributed by atoms with Crippen LogP contribution in [0.5, 0.6) is 0 Å². The van der Waals surface area contributed by atoms with Gasteiger partial charge in [-0.25, -0.2) is 0 Å². The van der Waals surface area contributed by atoms with E-state index in [-0.39, 0.29) is 0 Å². The minimum Gasteiger partial charge on any atom is -0.0621 e. The van der Waals surface area contributed by atoms with Crippen molar-refractivity contribution < 1.29 is 0 Å². The van der Waals surface area contributed by atoms with Crippen LogP contribution in [0.1, 0.15) is 43.2 Å². The fraction of sp³-hybridized carbons (Fsp3) is 0.241. The van der Waals surface area contributed by atoms with Crippen molar-refractivity contribution in [3.63, 3.8) is 0 Å². The van der Waals surface area contributed by atoms with Gasteiger partial charge in [-0.3, -0.25) is 0 Å². The predicted molar refractivity (Wildman–Crippen MR) is 125 cm³/mol. The van der Waals surface area contributed by atoms with Gasteiger partial charge in [0.1, 0.15) is 0 Å². The summed E-state index contributed by atoms with van der Waals surface area (Å²) in [6.45, 7) is 0. The number of benzene rings is 4. The molecule has 0 saturated heterocycles. The second kappa shape index (κ2) is 6.88. The second-order valence-electron chi connectivity index (χ2n) is 8.83. The zero-order valence-electron chi connectivity index (χ0n) is 16.8. The first kappa shape index (κ1) is 17.0. The molecule has 0 radical (unpaired) electrons. The van der Waals surface area contributed by atoms with Gasteiger partial charge in [0, 0.05) is 0 Å². The SMILES string of the molecule is C1=C(C2CCCCC2)Cc2c1cccc2-c1cccc2cc3ccccc3cc12. The van der Waals surface area contributed by atoms with Crippen molar-refractivity contribution in [2.45, 2.75) is 38.5 Å². The Morgan fingerprint density at radius 2 is 1.34 bits per heavy atom. The van der Waals surface area contributed by atoms with E-state index in [1.807, 2.05) is 0 Å². The van der Waals surface area contributed by atoms with Crippen LogP contribution in [0.2, 0.25) is 0 Å². The first-order valence-electron chi connectivity index (χ1n) is 11.1. The molecule has 0 atom stereocenters. The molecule has 2 aliphatic carbocycles. The fourth-order valence-electron chi connectivity index (χ4n) is 5.58. The highest BCUT2D eigenvalue weighted by Gasteiger charge is 2.24. The van der Waals surface area contributed by atoms with Gasteiger partial charge in [0.15, 0.2) is 0 Å². The lowest BCUT2D eigenvalue weighted by atomic mass is 9.82. The van der Waals surface area contributed by atoms with Crippen LogP contribution in [0.3, 0.4) is 0 Å². The predicted octanol–water partition coefficient (Wildman–Crippen LogP) is 8.18. The summed E-state index contributed by atoms with van der Waals surface area (Å²) in [7, 11) is 0.